The van der Waals surface area contributed by atoms with Gasteiger partial charge in [0.25, 0.3) is 0 Å². The molecule has 0 aromatic rings. The fraction of sp³-hybridized carbons (Fsp3) is 0.500. The van der Waals surface area contributed by atoms with Gasteiger partial charge in [-0.2, -0.15) is 0 Å². The van der Waals surface area contributed by atoms with Crippen LogP contribution in [0.5, 0.6) is 0 Å². The SMILES string of the molecule is CC(=O)[O][Ti](=[O])[O-].CC(=O)[O][Ti](=[O])[O-].CC(=O)[O][Ti](=[O])[O-].[Cr+3]. The van der Waals surface area contributed by atoms with Crippen molar-refractivity contribution in [3.8, 4) is 0 Å². The largest absolute Gasteiger partial charge is 3.00 e. The van der Waals surface area contributed by atoms with E-state index in [1.165, 1.54) is 0 Å². The first-order valence-electron chi connectivity index (χ1n) is 4.56. The Morgan fingerprint density at radius 3 is 0.773 bits per heavy atom. The van der Waals surface area contributed by atoms with Crippen LogP contribution in [0.1, 0.15) is 20.8 Å². The molecule has 0 bridgehead atoms. The fourth-order valence-electron chi connectivity index (χ4n) is 0.352. The molecule has 0 unspecified atom stereocenters. The molecule has 0 amide bonds. The summed E-state index contributed by atoms with van der Waals surface area (Å²) in [6.07, 6.45) is 0. The minimum Gasteiger partial charge on any atom is 3.00 e. The molecule has 0 saturated heterocycles. The van der Waals surface area contributed by atoms with E-state index in [0.717, 1.165) is 20.8 Å². The van der Waals surface area contributed by atoms with Crippen molar-refractivity contribution in [1.82, 2.24) is 0 Å². The maximum atomic E-state index is 9.67. The molecule has 0 fully saturated rings. The Kier molecular flexibility index (Phi) is 26.7. The Bertz CT molecular complexity index is 325. The van der Waals surface area contributed by atoms with Crippen LogP contribution in [0.25, 0.3) is 0 Å². The zero-order chi connectivity index (χ0) is 17.6. The summed E-state index contributed by atoms with van der Waals surface area (Å²) < 4.78 is 68.0. The zero-order valence-corrected chi connectivity index (χ0v) is 17.3. The van der Waals surface area contributed by atoms with E-state index >= 15 is 0 Å². The van der Waals surface area contributed by atoms with Gasteiger partial charge in [0, 0.05) is 0 Å². The minimum absolute atomic E-state index is 0. The van der Waals surface area contributed by atoms with Gasteiger partial charge in [-0.15, -0.1) is 0 Å². The van der Waals surface area contributed by atoms with Gasteiger partial charge < -0.3 is 0 Å². The van der Waals surface area contributed by atoms with E-state index in [2.05, 4.69) is 9.96 Å². The first-order valence-corrected chi connectivity index (χ1v) is 10.3. The zero-order valence-electron chi connectivity index (χ0n) is 11.3. The van der Waals surface area contributed by atoms with Gasteiger partial charge >= 0.3 is 157 Å². The van der Waals surface area contributed by atoms with Crippen molar-refractivity contribution in [2.75, 3.05) is 0 Å². The van der Waals surface area contributed by atoms with Crippen LogP contribution in [0, 0.1) is 0 Å². The molecule has 0 rings (SSSR count). The van der Waals surface area contributed by atoms with E-state index in [9.17, 15) is 35.4 Å². The molecule has 1 radical (unpaired) electrons. The van der Waals surface area contributed by atoms with Crippen molar-refractivity contribution in [2.24, 2.45) is 0 Å². The van der Waals surface area contributed by atoms with Crippen LogP contribution in [-0.2, 0) is 108 Å². The first kappa shape index (κ1) is 30.3. The molecule has 123 valence electrons. The normalized spacial score (nSPS) is 7.36. The molecule has 0 aliphatic heterocycles. The monoisotopic (exact) mass is 469 g/mol. The van der Waals surface area contributed by atoms with Crippen LogP contribution in [-0.4, -0.2) is 17.9 Å². The predicted octanol–water partition coefficient (Wildman–Crippen LogP) is -3.89. The molecule has 16 heteroatoms. The molecule has 0 N–H and O–H groups in total. The average Bonchev–Trinajstić information content (AvgIpc) is 2.10. The maximum Gasteiger partial charge on any atom is 3.00 e. The standard InChI is InChI=1S/3C2H4O2.Cr.6O.3Ti/c3*1-2(3)4;;;;;;;;;;/h3*1H3,(H,3,4);;;;;;;;;;/q;;;+3;;;;3*-1;3*+1/p-3. The molecule has 0 heterocycles. The number of carbonyl (C=O) groups is 3. The Balaban J connectivity index is -0.000000108. The van der Waals surface area contributed by atoms with E-state index < -0.39 is 73.8 Å². The van der Waals surface area contributed by atoms with Crippen molar-refractivity contribution < 1.29 is 119 Å². The van der Waals surface area contributed by atoms with Gasteiger partial charge in [0.15, 0.2) is 0 Å². The smallest absolute Gasteiger partial charge is 3.00 e. The van der Waals surface area contributed by atoms with Crippen LogP contribution >= 0.6 is 0 Å². The van der Waals surface area contributed by atoms with E-state index in [-0.39, 0.29) is 17.4 Å². The molecular weight excluding hydrogens is 460 g/mol. The topological polar surface area (TPSA) is 199 Å². The fourth-order valence-corrected chi connectivity index (χ4v) is 1.45. The van der Waals surface area contributed by atoms with Crippen LogP contribution in [0.4, 0.5) is 0 Å². The minimum atomic E-state index is -3.80. The molecule has 0 aromatic carbocycles. The third-order valence-electron chi connectivity index (χ3n) is 0.681. The van der Waals surface area contributed by atoms with E-state index in [4.69, 9.17) is 0 Å². The third kappa shape index (κ3) is 49.9. The van der Waals surface area contributed by atoms with Crippen LogP contribution in [0.15, 0.2) is 0 Å². The van der Waals surface area contributed by atoms with Gasteiger partial charge in [0.05, 0.1) is 0 Å². The molecule has 0 saturated carbocycles. The number of rotatable bonds is 3. The summed E-state index contributed by atoms with van der Waals surface area (Å²) in [6.45, 7) is 3.13. The van der Waals surface area contributed by atoms with Crippen molar-refractivity contribution in [2.45, 2.75) is 20.8 Å². The second kappa shape index (κ2) is 19.4. The van der Waals surface area contributed by atoms with E-state index in [1.54, 1.807) is 0 Å². The van der Waals surface area contributed by atoms with Crippen LogP contribution < -0.4 is 11.1 Å². The Hall–Kier alpha value is 0.365. The third-order valence-corrected chi connectivity index (χ3v) is 2.81. The van der Waals surface area contributed by atoms with Crippen molar-refractivity contribution in [3.05, 3.63) is 0 Å². The molecule has 0 atom stereocenters. The van der Waals surface area contributed by atoms with Gasteiger partial charge in [0.1, 0.15) is 0 Å². The number of hydrogen-bond donors (Lipinski definition) is 0. The molecule has 0 aliphatic rings. The summed E-state index contributed by atoms with van der Waals surface area (Å²) in [5.74, 6) is -2.29. The second-order valence-electron chi connectivity index (χ2n) is 2.53. The summed E-state index contributed by atoms with van der Waals surface area (Å²) in [5, 5.41) is 0. The molecule has 12 nitrogen and oxygen atoms in total. The molecule has 22 heavy (non-hydrogen) atoms. The average molecular weight is 469 g/mol. The number of carbonyl (C=O) groups excluding carboxylic acids is 3. The number of hydrogen-bond acceptors (Lipinski definition) is 12. The summed E-state index contributed by atoms with van der Waals surface area (Å²) in [4.78, 5) is 29.0. The second-order valence-corrected chi connectivity index (χ2v) is 5.83. The van der Waals surface area contributed by atoms with Crippen molar-refractivity contribution in [3.63, 3.8) is 0 Å². The van der Waals surface area contributed by atoms with Crippen LogP contribution in [0.2, 0.25) is 0 Å². The summed E-state index contributed by atoms with van der Waals surface area (Å²) in [5.41, 5.74) is 0. The van der Waals surface area contributed by atoms with Gasteiger partial charge in [-0.3, -0.25) is 0 Å². The molecular formula is C6H9CrO12Ti3. The van der Waals surface area contributed by atoms with Crippen molar-refractivity contribution in [1.29, 1.82) is 0 Å². The first-order chi connectivity index (χ1) is 9.38. The van der Waals surface area contributed by atoms with Gasteiger partial charge in [-0.05, 0) is 0 Å². The molecule has 0 spiro atoms. The van der Waals surface area contributed by atoms with E-state index in [0.29, 0.717) is 0 Å². The van der Waals surface area contributed by atoms with Crippen LogP contribution in [0.3, 0.4) is 0 Å². The Morgan fingerprint density at radius 2 is 0.773 bits per heavy atom. The van der Waals surface area contributed by atoms with Gasteiger partial charge in [-0.1, -0.05) is 0 Å². The quantitative estimate of drug-likeness (QED) is 0.365. The summed E-state index contributed by atoms with van der Waals surface area (Å²) >= 11 is -11.4. The van der Waals surface area contributed by atoms with Crippen molar-refractivity contribution >= 4 is 17.9 Å². The predicted molar refractivity (Wildman–Crippen MR) is 37.4 cm³/mol. The van der Waals surface area contributed by atoms with Gasteiger partial charge in [-0.25, -0.2) is 0 Å². The van der Waals surface area contributed by atoms with E-state index in [1.807, 2.05) is 0 Å². The molecule has 0 aliphatic carbocycles. The maximum absolute atomic E-state index is 9.67. The van der Waals surface area contributed by atoms with Gasteiger partial charge in [0.2, 0.25) is 0 Å². The molecule has 0 aromatic heterocycles. The summed E-state index contributed by atoms with van der Waals surface area (Å²) in [6, 6.07) is 0. The Labute approximate surface area is 156 Å². The Morgan fingerprint density at radius 1 is 0.636 bits per heavy atom. The summed E-state index contributed by atoms with van der Waals surface area (Å²) in [7, 11) is 0.